The van der Waals surface area contributed by atoms with Crippen molar-refractivity contribution in [3.05, 3.63) is 36.7 Å². The maximum Gasteiger partial charge on any atom is 0.387 e. The number of ether oxygens (including phenoxy) is 1. The first-order valence-electron chi connectivity index (χ1n) is 6.04. The normalized spacial score (nSPS) is 16.3. The largest absolute Gasteiger partial charge is 0.435 e. The molecule has 6 heteroatoms. The van der Waals surface area contributed by atoms with Crippen LogP contribution in [0.4, 0.5) is 14.5 Å². The molecule has 0 aromatic heterocycles. The van der Waals surface area contributed by atoms with Gasteiger partial charge in [-0.25, -0.2) is 0 Å². The van der Waals surface area contributed by atoms with Gasteiger partial charge in [-0.3, -0.25) is 0 Å². The molecule has 0 unspecified atom stereocenters. The Morgan fingerprint density at radius 3 is 2.53 bits per heavy atom. The number of rotatable bonds is 5. The molecule has 1 aliphatic heterocycles. The van der Waals surface area contributed by atoms with E-state index in [1.165, 1.54) is 12.1 Å². The fraction of sp³-hybridized carbons (Fsp3) is 0.385. The van der Waals surface area contributed by atoms with Crippen LogP contribution in [0, 0.1) is 0 Å². The molecule has 0 amide bonds. The number of benzene rings is 1. The number of nitrogens with zero attached hydrogens (tertiary/aromatic N) is 2. The van der Waals surface area contributed by atoms with Gasteiger partial charge in [0, 0.05) is 30.7 Å². The molecule has 0 spiro atoms. The summed E-state index contributed by atoms with van der Waals surface area (Å²) in [5, 5.41) is 0. The first-order valence-corrected chi connectivity index (χ1v) is 6.04. The molecule has 1 aromatic rings. The van der Waals surface area contributed by atoms with Crippen LogP contribution in [-0.4, -0.2) is 30.8 Å². The maximum atomic E-state index is 12.0. The Morgan fingerprint density at radius 1 is 1.26 bits per heavy atom. The Bertz CT molecular complexity index is 434. The summed E-state index contributed by atoms with van der Waals surface area (Å²) in [5.41, 5.74) is 6.66. The quantitative estimate of drug-likeness (QED) is 0.889. The molecule has 0 saturated heterocycles. The zero-order chi connectivity index (χ0) is 13.8. The van der Waals surface area contributed by atoms with Gasteiger partial charge in [-0.2, -0.15) is 8.78 Å². The highest BCUT2D eigenvalue weighted by Gasteiger charge is 2.15. The molecule has 19 heavy (non-hydrogen) atoms. The summed E-state index contributed by atoms with van der Waals surface area (Å²) < 4.78 is 28.4. The van der Waals surface area contributed by atoms with E-state index in [0.29, 0.717) is 6.67 Å². The lowest BCUT2D eigenvalue weighted by atomic mass is 10.3. The number of nitrogens with two attached hydrogens (primary N) is 1. The number of alkyl halides is 2. The summed E-state index contributed by atoms with van der Waals surface area (Å²) >= 11 is 0. The molecule has 0 bridgehead atoms. The molecule has 0 fully saturated rings. The summed E-state index contributed by atoms with van der Waals surface area (Å²) in [7, 11) is 0. The second-order valence-corrected chi connectivity index (χ2v) is 4.53. The highest BCUT2D eigenvalue weighted by Crippen LogP contribution is 2.23. The third-order valence-electron chi connectivity index (χ3n) is 2.71. The fourth-order valence-electron chi connectivity index (χ4n) is 1.94. The lowest BCUT2D eigenvalue weighted by Gasteiger charge is -2.22. The summed E-state index contributed by atoms with van der Waals surface area (Å²) in [5.74, 6) is 0.161. The Kier molecular flexibility index (Phi) is 4.21. The topological polar surface area (TPSA) is 41.7 Å². The van der Waals surface area contributed by atoms with Gasteiger partial charge in [0.05, 0.1) is 6.67 Å². The fourth-order valence-corrected chi connectivity index (χ4v) is 1.94. The minimum absolute atomic E-state index is 0.103. The van der Waals surface area contributed by atoms with Crippen molar-refractivity contribution in [2.24, 2.45) is 5.73 Å². The average molecular weight is 269 g/mol. The van der Waals surface area contributed by atoms with Crippen LogP contribution in [0.3, 0.4) is 0 Å². The van der Waals surface area contributed by atoms with E-state index >= 15 is 0 Å². The van der Waals surface area contributed by atoms with Crippen LogP contribution in [-0.2, 0) is 0 Å². The van der Waals surface area contributed by atoms with Gasteiger partial charge >= 0.3 is 6.61 Å². The van der Waals surface area contributed by atoms with Crippen molar-refractivity contribution < 1.29 is 13.5 Å². The maximum absolute atomic E-state index is 12.0. The smallest absolute Gasteiger partial charge is 0.387 e. The number of hydrogen-bond donors (Lipinski definition) is 1. The van der Waals surface area contributed by atoms with E-state index in [1.54, 1.807) is 12.1 Å². The van der Waals surface area contributed by atoms with Gasteiger partial charge in [-0.15, -0.1) is 0 Å². The molecule has 0 aliphatic carbocycles. The van der Waals surface area contributed by atoms with Crippen LogP contribution in [0.5, 0.6) is 5.75 Å². The van der Waals surface area contributed by atoms with E-state index in [0.717, 1.165) is 12.2 Å². The van der Waals surface area contributed by atoms with Gasteiger partial charge in [-0.1, -0.05) is 0 Å². The predicted molar refractivity (Wildman–Crippen MR) is 69.9 cm³/mol. The van der Waals surface area contributed by atoms with E-state index in [-0.39, 0.29) is 11.8 Å². The Labute approximate surface area is 111 Å². The molecule has 104 valence electrons. The van der Waals surface area contributed by atoms with Crippen LogP contribution in [0.15, 0.2) is 36.7 Å². The van der Waals surface area contributed by atoms with Crippen molar-refractivity contribution >= 4 is 5.69 Å². The predicted octanol–water partition coefficient (Wildman–Crippen LogP) is 2.19. The van der Waals surface area contributed by atoms with E-state index < -0.39 is 6.61 Å². The molecule has 1 aromatic carbocycles. The minimum Gasteiger partial charge on any atom is -0.435 e. The van der Waals surface area contributed by atoms with Crippen LogP contribution in [0.25, 0.3) is 0 Å². The van der Waals surface area contributed by atoms with Crippen molar-refractivity contribution in [3.63, 3.8) is 0 Å². The average Bonchev–Trinajstić information content (AvgIpc) is 2.76. The summed E-state index contributed by atoms with van der Waals surface area (Å²) in [6, 6.07) is 6.66. The molecule has 0 radical (unpaired) electrons. The van der Waals surface area contributed by atoms with Gasteiger partial charge in [0.15, 0.2) is 0 Å². The summed E-state index contributed by atoms with van der Waals surface area (Å²) in [4.78, 5) is 4.10. The molecule has 1 heterocycles. The van der Waals surface area contributed by atoms with Gasteiger partial charge in [0.1, 0.15) is 5.75 Å². The standard InChI is InChI=1S/C13H17F2N3O/c1-10(16)8-17-6-7-18(9-17)11-2-4-12(5-3-11)19-13(14)15/h2-7,10,13H,8-9,16H2,1H3/t10-/m0/s1. The van der Waals surface area contributed by atoms with Crippen molar-refractivity contribution in [2.45, 2.75) is 19.6 Å². The number of anilines is 1. The minimum atomic E-state index is -2.79. The van der Waals surface area contributed by atoms with Crippen LogP contribution >= 0.6 is 0 Å². The molecule has 2 rings (SSSR count). The monoisotopic (exact) mass is 269 g/mol. The zero-order valence-electron chi connectivity index (χ0n) is 10.7. The van der Waals surface area contributed by atoms with Crippen LogP contribution in [0.1, 0.15) is 6.92 Å². The highest BCUT2D eigenvalue weighted by molar-refractivity contribution is 5.52. The number of hydrogen-bond acceptors (Lipinski definition) is 4. The first kappa shape index (κ1) is 13.6. The van der Waals surface area contributed by atoms with Crippen LogP contribution in [0.2, 0.25) is 0 Å². The SMILES string of the molecule is C[C@H](N)CN1C=CN(c2ccc(OC(F)F)cc2)C1. The van der Waals surface area contributed by atoms with Crippen molar-refractivity contribution in [3.8, 4) is 5.75 Å². The third kappa shape index (κ3) is 3.82. The molecule has 2 N–H and O–H groups in total. The Morgan fingerprint density at radius 2 is 1.95 bits per heavy atom. The summed E-state index contributed by atoms with van der Waals surface area (Å²) in [6.07, 6.45) is 3.90. The van der Waals surface area contributed by atoms with Gasteiger partial charge < -0.3 is 20.3 Å². The molecule has 1 atom stereocenters. The summed E-state index contributed by atoms with van der Waals surface area (Å²) in [6.45, 7) is 0.641. The van der Waals surface area contributed by atoms with Crippen molar-refractivity contribution in [1.82, 2.24) is 4.90 Å². The second-order valence-electron chi connectivity index (χ2n) is 4.53. The second kappa shape index (κ2) is 5.88. The van der Waals surface area contributed by atoms with E-state index in [4.69, 9.17) is 5.73 Å². The molecule has 0 saturated carbocycles. The first-order chi connectivity index (χ1) is 9.04. The van der Waals surface area contributed by atoms with Gasteiger partial charge in [-0.05, 0) is 31.2 Å². The third-order valence-corrected chi connectivity index (χ3v) is 2.71. The van der Waals surface area contributed by atoms with Gasteiger partial charge in [0.25, 0.3) is 0 Å². The van der Waals surface area contributed by atoms with Crippen molar-refractivity contribution in [1.29, 1.82) is 0 Å². The van der Waals surface area contributed by atoms with Crippen molar-refractivity contribution in [2.75, 3.05) is 18.1 Å². The zero-order valence-corrected chi connectivity index (χ0v) is 10.7. The molecular weight excluding hydrogens is 252 g/mol. The van der Waals surface area contributed by atoms with E-state index in [2.05, 4.69) is 9.64 Å². The lowest BCUT2D eigenvalue weighted by Crippen LogP contribution is -2.34. The van der Waals surface area contributed by atoms with E-state index in [1.807, 2.05) is 24.2 Å². The molecule has 4 nitrogen and oxygen atoms in total. The van der Waals surface area contributed by atoms with Crippen LogP contribution < -0.4 is 15.4 Å². The molecular formula is C13H17F2N3O. The lowest BCUT2D eigenvalue weighted by molar-refractivity contribution is -0.0498. The Hall–Kier alpha value is -1.82. The Balaban J connectivity index is 1.95. The highest BCUT2D eigenvalue weighted by atomic mass is 19.3. The van der Waals surface area contributed by atoms with Gasteiger partial charge in [0.2, 0.25) is 0 Å². The molecule has 1 aliphatic rings. The number of halogens is 2. The van der Waals surface area contributed by atoms with E-state index in [9.17, 15) is 8.78 Å².